The lowest BCUT2D eigenvalue weighted by Gasteiger charge is -2.17. The largest absolute Gasteiger partial charge is 0.379 e. The number of fused-ring (bicyclic) bond motifs is 1. The molecule has 3 unspecified atom stereocenters. The van der Waals surface area contributed by atoms with Crippen molar-refractivity contribution in [2.45, 2.75) is 18.5 Å². The number of nitrogens with one attached hydrogen (secondary N) is 1. The summed E-state index contributed by atoms with van der Waals surface area (Å²) in [6.07, 6.45) is 0.932. The van der Waals surface area contributed by atoms with Gasteiger partial charge in [-0.3, -0.25) is 4.79 Å². The Hall–Kier alpha value is -0.610. The Morgan fingerprint density at radius 3 is 2.85 bits per heavy atom. The van der Waals surface area contributed by atoms with E-state index in [1.54, 1.807) is 19.0 Å². The minimum Gasteiger partial charge on any atom is -0.379 e. The number of nitrogens with zero attached hydrogens (tertiary/aromatic N) is 1. The van der Waals surface area contributed by atoms with Crippen LogP contribution >= 0.6 is 0 Å². The van der Waals surface area contributed by atoms with Crippen molar-refractivity contribution in [1.29, 1.82) is 0 Å². The molecule has 0 aromatic carbocycles. The third kappa shape index (κ3) is 1.56. The topological polar surface area (TPSA) is 41.6 Å². The minimum absolute atomic E-state index is 0.0221. The Morgan fingerprint density at radius 2 is 2.23 bits per heavy atom. The molecular formula is C9H16N2O2. The highest BCUT2D eigenvalue weighted by molar-refractivity contribution is 5.81. The SMILES string of the molecule is CN(C)C(=O)C1CC2COCC2N1. The summed E-state index contributed by atoms with van der Waals surface area (Å²) in [5.41, 5.74) is 0. The van der Waals surface area contributed by atoms with Crippen molar-refractivity contribution in [3.63, 3.8) is 0 Å². The minimum atomic E-state index is 0.0221. The van der Waals surface area contributed by atoms with Crippen molar-refractivity contribution >= 4 is 5.91 Å². The van der Waals surface area contributed by atoms with E-state index in [1.165, 1.54) is 0 Å². The summed E-state index contributed by atoms with van der Waals surface area (Å²) >= 11 is 0. The molecule has 0 saturated carbocycles. The second kappa shape index (κ2) is 3.27. The summed E-state index contributed by atoms with van der Waals surface area (Å²) in [4.78, 5) is 13.3. The molecule has 0 aromatic heterocycles. The molecule has 0 aromatic rings. The molecule has 74 valence electrons. The molecule has 1 amide bonds. The summed E-state index contributed by atoms with van der Waals surface area (Å²) in [5.74, 6) is 0.739. The quantitative estimate of drug-likeness (QED) is 0.594. The van der Waals surface area contributed by atoms with Gasteiger partial charge in [-0.1, -0.05) is 0 Å². The first-order chi connectivity index (χ1) is 6.18. The molecule has 0 spiro atoms. The van der Waals surface area contributed by atoms with Gasteiger partial charge in [-0.2, -0.15) is 0 Å². The van der Waals surface area contributed by atoms with Crippen molar-refractivity contribution in [1.82, 2.24) is 10.2 Å². The first kappa shape index (κ1) is 8.97. The molecule has 1 N–H and O–H groups in total. The van der Waals surface area contributed by atoms with Gasteiger partial charge in [-0.15, -0.1) is 0 Å². The van der Waals surface area contributed by atoms with Crippen molar-refractivity contribution in [3.05, 3.63) is 0 Å². The predicted octanol–water partition coefficient (Wildman–Crippen LogP) is -0.548. The van der Waals surface area contributed by atoms with Crippen molar-refractivity contribution in [2.24, 2.45) is 5.92 Å². The average molecular weight is 184 g/mol. The van der Waals surface area contributed by atoms with Crippen LogP contribution in [0.4, 0.5) is 0 Å². The third-order valence-electron chi connectivity index (χ3n) is 2.89. The first-order valence-corrected chi connectivity index (χ1v) is 4.73. The fourth-order valence-corrected chi connectivity index (χ4v) is 2.13. The Labute approximate surface area is 78.2 Å². The van der Waals surface area contributed by atoms with Crippen LogP contribution in [-0.2, 0) is 9.53 Å². The zero-order valence-corrected chi connectivity index (χ0v) is 8.12. The van der Waals surface area contributed by atoms with Crippen LogP contribution in [0.5, 0.6) is 0 Å². The van der Waals surface area contributed by atoms with Crippen LogP contribution in [-0.4, -0.2) is 50.2 Å². The van der Waals surface area contributed by atoms with Crippen molar-refractivity contribution in [2.75, 3.05) is 27.3 Å². The van der Waals surface area contributed by atoms with E-state index in [1.807, 2.05) is 0 Å². The number of carbonyl (C=O) groups excluding carboxylic acids is 1. The molecule has 0 aliphatic carbocycles. The van der Waals surface area contributed by atoms with Crippen LogP contribution in [0.2, 0.25) is 0 Å². The Morgan fingerprint density at radius 1 is 1.46 bits per heavy atom. The first-order valence-electron chi connectivity index (χ1n) is 4.73. The molecule has 2 aliphatic rings. The van der Waals surface area contributed by atoms with E-state index in [0.29, 0.717) is 12.0 Å². The van der Waals surface area contributed by atoms with Gasteiger partial charge in [-0.05, 0) is 6.42 Å². The predicted molar refractivity (Wildman–Crippen MR) is 48.3 cm³/mol. The van der Waals surface area contributed by atoms with Gasteiger partial charge in [0.15, 0.2) is 0 Å². The molecule has 3 atom stereocenters. The number of hydrogen-bond donors (Lipinski definition) is 1. The summed E-state index contributed by atoms with van der Waals surface area (Å²) < 4.78 is 5.31. The van der Waals surface area contributed by atoms with E-state index in [9.17, 15) is 4.79 Å². The average Bonchev–Trinajstić information content (AvgIpc) is 2.59. The molecular weight excluding hydrogens is 168 g/mol. The maximum absolute atomic E-state index is 11.6. The zero-order chi connectivity index (χ0) is 9.42. The van der Waals surface area contributed by atoms with Gasteiger partial charge in [0.05, 0.1) is 19.3 Å². The molecule has 4 heteroatoms. The Kier molecular flexibility index (Phi) is 2.26. The summed E-state index contributed by atoms with van der Waals surface area (Å²) in [7, 11) is 3.60. The van der Waals surface area contributed by atoms with Crippen LogP contribution in [0.15, 0.2) is 0 Å². The lowest BCUT2D eigenvalue weighted by Crippen LogP contribution is -2.42. The Bertz CT molecular complexity index is 206. The second-order valence-electron chi connectivity index (χ2n) is 4.09. The van der Waals surface area contributed by atoms with Gasteiger partial charge >= 0.3 is 0 Å². The number of carbonyl (C=O) groups is 1. The maximum Gasteiger partial charge on any atom is 0.239 e. The van der Waals surface area contributed by atoms with Crippen molar-refractivity contribution < 1.29 is 9.53 Å². The van der Waals surface area contributed by atoms with Gasteiger partial charge in [0.2, 0.25) is 5.91 Å². The fraction of sp³-hybridized carbons (Fsp3) is 0.889. The van der Waals surface area contributed by atoms with Gasteiger partial charge in [-0.25, -0.2) is 0 Å². The maximum atomic E-state index is 11.6. The molecule has 2 saturated heterocycles. The van der Waals surface area contributed by atoms with E-state index in [2.05, 4.69) is 5.32 Å². The highest BCUT2D eigenvalue weighted by Gasteiger charge is 2.40. The molecule has 4 nitrogen and oxygen atoms in total. The lowest BCUT2D eigenvalue weighted by atomic mass is 10.0. The summed E-state index contributed by atoms with van der Waals surface area (Å²) in [6.45, 7) is 1.58. The van der Waals surface area contributed by atoms with Crippen LogP contribution in [0.25, 0.3) is 0 Å². The Balaban J connectivity index is 1.95. The molecule has 2 rings (SSSR count). The van der Waals surface area contributed by atoms with Crippen LogP contribution in [0.1, 0.15) is 6.42 Å². The summed E-state index contributed by atoms with van der Waals surface area (Å²) in [5, 5.41) is 3.32. The zero-order valence-electron chi connectivity index (χ0n) is 8.12. The number of amides is 1. The third-order valence-corrected chi connectivity index (χ3v) is 2.89. The fourth-order valence-electron chi connectivity index (χ4n) is 2.13. The molecule has 0 radical (unpaired) electrons. The van der Waals surface area contributed by atoms with Crippen LogP contribution in [0, 0.1) is 5.92 Å². The molecule has 0 bridgehead atoms. The molecule has 2 fully saturated rings. The molecule has 2 aliphatic heterocycles. The normalized spacial score (nSPS) is 37.5. The lowest BCUT2D eigenvalue weighted by molar-refractivity contribution is -0.130. The van der Waals surface area contributed by atoms with Gasteiger partial charge in [0, 0.05) is 26.1 Å². The number of rotatable bonds is 1. The van der Waals surface area contributed by atoms with Gasteiger partial charge < -0.3 is 15.0 Å². The molecule has 2 heterocycles. The number of likely N-dealkylation sites (N-methyl/N-ethyl adjacent to an activating group) is 1. The standard InChI is InChI=1S/C9H16N2O2/c1-11(2)9(12)7-3-6-4-13-5-8(6)10-7/h6-8,10H,3-5H2,1-2H3. The van der Waals surface area contributed by atoms with Crippen LogP contribution < -0.4 is 5.32 Å². The molecule has 13 heavy (non-hydrogen) atoms. The smallest absolute Gasteiger partial charge is 0.239 e. The van der Waals surface area contributed by atoms with Gasteiger partial charge in [0.1, 0.15) is 0 Å². The number of hydrogen-bond acceptors (Lipinski definition) is 3. The van der Waals surface area contributed by atoms with E-state index in [-0.39, 0.29) is 11.9 Å². The highest BCUT2D eigenvalue weighted by atomic mass is 16.5. The van der Waals surface area contributed by atoms with E-state index < -0.39 is 0 Å². The number of ether oxygens (including phenoxy) is 1. The van der Waals surface area contributed by atoms with Crippen LogP contribution in [0.3, 0.4) is 0 Å². The van der Waals surface area contributed by atoms with Crippen molar-refractivity contribution in [3.8, 4) is 0 Å². The second-order valence-corrected chi connectivity index (χ2v) is 4.09. The monoisotopic (exact) mass is 184 g/mol. The van der Waals surface area contributed by atoms with E-state index in [0.717, 1.165) is 19.6 Å². The highest BCUT2D eigenvalue weighted by Crippen LogP contribution is 2.26. The van der Waals surface area contributed by atoms with E-state index in [4.69, 9.17) is 4.74 Å². The van der Waals surface area contributed by atoms with E-state index >= 15 is 0 Å². The summed E-state index contributed by atoms with van der Waals surface area (Å²) in [6, 6.07) is 0.433. The van der Waals surface area contributed by atoms with Gasteiger partial charge in [0.25, 0.3) is 0 Å².